The predicted molar refractivity (Wildman–Crippen MR) is 112 cm³/mol. The van der Waals surface area contributed by atoms with Gasteiger partial charge in [-0.3, -0.25) is 14.2 Å². The van der Waals surface area contributed by atoms with E-state index in [-0.39, 0.29) is 11.0 Å². The monoisotopic (exact) mass is 396 g/mol. The van der Waals surface area contributed by atoms with E-state index in [1.165, 1.54) is 11.6 Å². The zero-order chi connectivity index (χ0) is 21.3. The van der Waals surface area contributed by atoms with Crippen LogP contribution in [0, 0.1) is 20.8 Å². The summed E-state index contributed by atoms with van der Waals surface area (Å²) >= 11 is 0. The molecule has 0 aliphatic rings. The first-order valence-electron chi connectivity index (χ1n) is 9.33. The van der Waals surface area contributed by atoms with Gasteiger partial charge in [0.2, 0.25) is 5.91 Å². The number of aryl methyl sites for hydroxylation is 4. The van der Waals surface area contributed by atoms with E-state index in [2.05, 4.69) is 10.3 Å². The van der Waals surface area contributed by atoms with Gasteiger partial charge in [0.05, 0.1) is 6.61 Å². The second kappa shape index (κ2) is 7.90. The minimum Gasteiger partial charge on any atom is -0.493 e. The summed E-state index contributed by atoms with van der Waals surface area (Å²) in [6, 6.07) is 5.62. The normalized spacial score (nSPS) is 10.9. The first-order valence-corrected chi connectivity index (χ1v) is 9.33. The lowest BCUT2D eigenvalue weighted by Gasteiger charge is -2.15. The molecular weight excluding hydrogens is 372 g/mol. The SMILES string of the molecule is CCOc1c(C)cnc2c1c(=O)n(CC(=O)Nc1ccc(C)cc1C)c(=O)n2C. The first kappa shape index (κ1) is 20.3. The van der Waals surface area contributed by atoms with Crippen molar-refractivity contribution in [3.63, 3.8) is 0 Å². The van der Waals surface area contributed by atoms with E-state index < -0.39 is 23.7 Å². The quantitative estimate of drug-likeness (QED) is 0.712. The van der Waals surface area contributed by atoms with Gasteiger partial charge >= 0.3 is 5.69 Å². The number of hydrogen-bond acceptors (Lipinski definition) is 5. The predicted octanol–water partition coefficient (Wildman–Crippen LogP) is 2.06. The van der Waals surface area contributed by atoms with Crippen molar-refractivity contribution < 1.29 is 9.53 Å². The van der Waals surface area contributed by atoms with Gasteiger partial charge in [0.1, 0.15) is 17.7 Å². The van der Waals surface area contributed by atoms with Gasteiger partial charge in [-0.1, -0.05) is 17.7 Å². The van der Waals surface area contributed by atoms with Crippen LogP contribution in [-0.2, 0) is 18.4 Å². The largest absolute Gasteiger partial charge is 0.493 e. The van der Waals surface area contributed by atoms with Crippen molar-refractivity contribution in [2.24, 2.45) is 7.05 Å². The number of hydrogen-bond donors (Lipinski definition) is 1. The number of benzene rings is 1. The lowest BCUT2D eigenvalue weighted by molar-refractivity contribution is -0.116. The summed E-state index contributed by atoms with van der Waals surface area (Å²) in [6.07, 6.45) is 1.56. The van der Waals surface area contributed by atoms with Crippen LogP contribution in [0.4, 0.5) is 5.69 Å². The fraction of sp³-hybridized carbons (Fsp3) is 0.333. The molecular formula is C21H24N4O4. The highest BCUT2D eigenvalue weighted by Crippen LogP contribution is 2.24. The van der Waals surface area contributed by atoms with Crippen LogP contribution in [0.15, 0.2) is 34.0 Å². The Balaban J connectivity index is 2.07. The molecule has 0 aliphatic carbocycles. The zero-order valence-electron chi connectivity index (χ0n) is 17.2. The molecule has 0 spiro atoms. The van der Waals surface area contributed by atoms with Gasteiger partial charge in [-0.05, 0) is 39.3 Å². The van der Waals surface area contributed by atoms with Crippen molar-refractivity contribution >= 4 is 22.6 Å². The summed E-state index contributed by atoms with van der Waals surface area (Å²) in [7, 11) is 1.51. The maximum absolute atomic E-state index is 13.1. The zero-order valence-corrected chi connectivity index (χ0v) is 17.2. The van der Waals surface area contributed by atoms with E-state index in [4.69, 9.17) is 4.74 Å². The number of nitrogens with one attached hydrogen (secondary N) is 1. The van der Waals surface area contributed by atoms with Gasteiger partial charge < -0.3 is 10.1 Å². The summed E-state index contributed by atoms with van der Waals surface area (Å²) in [6.45, 7) is 7.38. The van der Waals surface area contributed by atoms with E-state index in [1.807, 2.05) is 32.9 Å². The number of anilines is 1. The molecule has 1 aromatic carbocycles. The maximum atomic E-state index is 13.1. The van der Waals surface area contributed by atoms with Crippen molar-refractivity contribution in [2.75, 3.05) is 11.9 Å². The van der Waals surface area contributed by atoms with Gasteiger partial charge in [-0.2, -0.15) is 0 Å². The molecule has 0 radical (unpaired) electrons. The Morgan fingerprint density at radius 2 is 1.90 bits per heavy atom. The summed E-state index contributed by atoms with van der Waals surface area (Å²) in [5.74, 6) is -0.0873. The number of nitrogens with zero attached hydrogens (tertiary/aromatic N) is 3. The van der Waals surface area contributed by atoms with E-state index in [0.717, 1.165) is 15.7 Å². The molecule has 0 unspecified atom stereocenters. The third-order valence-corrected chi connectivity index (χ3v) is 4.73. The Morgan fingerprint density at radius 1 is 1.17 bits per heavy atom. The molecule has 8 heteroatoms. The number of carbonyl (C=O) groups excluding carboxylic acids is 1. The molecule has 0 saturated heterocycles. The molecule has 152 valence electrons. The van der Waals surface area contributed by atoms with Crippen molar-refractivity contribution in [3.05, 3.63) is 61.9 Å². The summed E-state index contributed by atoms with van der Waals surface area (Å²) in [5, 5.41) is 2.95. The standard InChI is InChI=1S/C21H24N4O4/c1-6-29-18-14(4)10-22-19-17(18)20(27)25(21(28)24(19)5)11-16(26)23-15-8-7-12(2)9-13(15)3/h7-10H,6,11H2,1-5H3,(H,23,26). The number of ether oxygens (including phenoxy) is 1. The third kappa shape index (κ3) is 3.78. The van der Waals surface area contributed by atoms with Gasteiger partial charge in [-0.25, -0.2) is 14.3 Å². The van der Waals surface area contributed by atoms with Crippen LogP contribution in [0.3, 0.4) is 0 Å². The topological polar surface area (TPSA) is 95.2 Å². The molecule has 2 aromatic heterocycles. The molecule has 8 nitrogen and oxygen atoms in total. The van der Waals surface area contributed by atoms with Crippen molar-refractivity contribution in [2.45, 2.75) is 34.2 Å². The third-order valence-electron chi connectivity index (χ3n) is 4.73. The van der Waals surface area contributed by atoms with E-state index in [0.29, 0.717) is 23.6 Å². The summed E-state index contributed by atoms with van der Waals surface area (Å²) in [5.41, 5.74) is 2.30. The minimum absolute atomic E-state index is 0.188. The molecule has 0 aliphatic heterocycles. The van der Waals surface area contributed by atoms with Crippen LogP contribution >= 0.6 is 0 Å². The van der Waals surface area contributed by atoms with E-state index >= 15 is 0 Å². The molecule has 0 atom stereocenters. The van der Waals surface area contributed by atoms with Gasteiger partial charge in [0, 0.05) is 24.5 Å². The highest BCUT2D eigenvalue weighted by molar-refractivity contribution is 5.91. The van der Waals surface area contributed by atoms with Crippen LogP contribution in [0.25, 0.3) is 11.0 Å². The van der Waals surface area contributed by atoms with Crippen LogP contribution < -0.4 is 21.3 Å². The molecule has 2 heterocycles. The van der Waals surface area contributed by atoms with Crippen molar-refractivity contribution in [3.8, 4) is 5.75 Å². The molecule has 3 aromatic rings. The molecule has 0 bridgehead atoms. The fourth-order valence-electron chi connectivity index (χ4n) is 3.28. The Labute approximate surface area is 167 Å². The molecule has 1 amide bonds. The number of fused-ring (bicyclic) bond motifs is 1. The number of rotatable bonds is 5. The lowest BCUT2D eigenvalue weighted by Crippen LogP contribution is -2.42. The second-order valence-corrected chi connectivity index (χ2v) is 7.00. The smallest absolute Gasteiger partial charge is 0.332 e. The average Bonchev–Trinajstić information content (AvgIpc) is 2.67. The fourth-order valence-corrected chi connectivity index (χ4v) is 3.28. The number of carbonyl (C=O) groups is 1. The average molecular weight is 396 g/mol. The molecule has 0 fully saturated rings. The van der Waals surface area contributed by atoms with Gasteiger partial charge in [-0.15, -0.1) is 0 Å². The summed E-state index contributed by atoms with van der Waals surface area (Å²) < 4.78 is 7.80. The van der Waals surface area contributed by atoms with Crippen LogP contribution in [0.5, 0.6) is 5.75 Å². The highest BCUT2D eigenvalue weighted by Gasteiger charge is 2.19. The van der Waals surface area contributed by atoms with Crippen LogP contribution in [0.2, 0.25) is 0 Å². The van der Waals surface area contributed by atoms with E-state index in [1.54, 1.807) is 19.2 Å². The number of aromatic nitrogens is 3. The number of amides is 1. The van der Waals surface area contributed by atoms with Crippen molar-refractivity contribution in [1.82, 2.24) is 14.1 Å². The highest BCUT2D eigenvalue weighted by atomic mass is 16.5. The maximum Gasteiger partial charge on any atom is 0.332 e. The minimum atomic E-state index is -0.614. The Bertz CT molecular complexity index is 1220. The van der Waals surface area contributed by atoms with Crippen molar-refractivity contribution in [1.29, 1.82) is 0 Å². The second-order valence-electron chi connectivity index (χ2n) is 7.00. The summed E-state index contributed by atoms with van der Waals surface area (Å²) in [4.78, 5) is 42.6. The molecule has 29 heavy (non-hydrogen) atoms. The van der Waals surface area contributed by atoms with E-state index in [9.17, 15) is 14.4 Å². The molecule has 1 N–H and O–H groups in total. The molecule has 3 rings (SSSR count). The van der Waals surface area contributed by atoms with Gasteiger partial charge in [0.25, 0.3) is 5.56 Å². The Morgan fingerprint density at radius 3 is 2.55 bits per heavy atom. The number of pyridine rings is 1. The Kier molecular flexibility index (Phi) is 5.54. The van der Waals surface area contributed by atoms with Gasteiger partial charge in [0.15, 0.2) is 5.65 Å². The van der Waals surface area contributed by atoms with Crippen LogP contribution in [0.1, 0.15) is 23.6 Å². The molecule has 0 saturated carbocycles. The Hall–Kier alpha value is -3.42. The lowest BCUT2D eigenvalue weighted by atomic mass is 10.1. The first-order chi connectivity index (χ1) is 13.7. The van der Waals surface area contributed by atoms with Crippen LogP contribution in [-0.4, -0.2) is 26.6 Å².